The Kier molecular flexibility index (Phi) is 4.94. The summed E-state index contributed by atoms with van der Waals surface area (Å²) in [4.78, 5) is 17.6. The Morgan fingerprint density at radius 1 is 1.42 bits per heavy atom. The maximum Gasteiger partial charge on any atom is 0.417 e. The van der Waals surface area contributed by atoms with Crippen LogP contribution in [0.4, 0.5) is 18.9 Å². The van der Waals surface area contributed by atoms with Crippen LogP contribution in [-0.2, 0) is 15.7 Å². The van der Waals surface area contributed by atoms with Gasteiger partial charge in [-0.05, 0) is 19.1 Å². The first-order valence-corrected chi connectivity index (χ1v) is 7.09. The molecule has 0 fully saturated rings. The summed E-state index contributed by atoms with van der Waals surface area (Å²) in [6.45, 7) is 9.24. The standard InChI is InChI=1S/C17H17F3N2O2/c1-10(2)5-6-11(3)22-14-7-12(17(18,19)20)8-21-15(14)13(9-24-4)16(22)23/h5-8,13H,1,3,9H2,2,4H3/b6-5-. The number of carbonyl (C=O) groups is 1. The van der Waals surface area contributed by atoms with Crippen molar-refractivity contribution in [1.82, 2.24) is 4.98 Å². The Bertz CT molecular complexity index is 723. The van der Waals surface area contributed by atoms with Crippen molar-refractivity contribution >= 4 is 11.6 Å². The van der Waals surface area contributed by atoms with Gasteiger partial charge in [-0.2, -0.15) is 13.2 Å². The highest BCUT2D eigenvalue weighted by Gasteiger charge is 2.42. The summed E-state index contributed by atoms with van der Waals surface area (Å²) in [5, 5.41) is 0. The number of methoxy groups -OCH3 is 1. The number of nitrogens with zero attached hydrogens (tertiary/aromatic N) is 2. The van der Waals surface area contributed by atoms with E-state index >= 15 is 0 Å². The highest BCUT2D eigenvalue weighted by molar-refractivity contribution is 6.07. The van der Waals surface area contributed by atoms with Crippen LogP contribution in [0.1, 0.15) is 24.1 Å². The minimum absolute atomic E-state index is 0.0260. The van der Waals surface area contributed by atoms with Gasteiger partial charge in [-0.25, -0.2) is 0 Å². The molecule has 0 spiro atoms. The van der Waals surface area contributed by atoms with Crippen LogP contribution in [0.15, 0.2) is 48.8 Å². The first-order chi connectivity index (χ1) is 11.2. The first-order valence-electron chi connectivity index (χ1n) is 7.09. The fourth-order valence-corrected chi connectivity index (χ4v) is 2.38. The molecule has 0 radical (unpaired) electrons. The van der Waals surface area contributed by atoms with Crippen molar-refractivity contribution in [3.63, 3.8) is 0 Å². The van der Waals surface area contributed by atoms with E-state index in [0.29, 0.717) is 0 Å². The minimum Gasteiger partial charge on any atom is -0.383 e. The van der Waals surface area contributed by atoms with Crippen LogP contribution in [0.5, 0.6) is 0 Å². The van der Waals surface area contributed by atoms with Gasteiger partial charge >= 0.3 is 6.18 Å². The van der Waals surface area contributed by atoms with Crippen molar-refractivity contribution in [3.05, 3.63) is 60.1 Å². The van der Waals surface area contributed by atoms with Gasteiger partial charge in [0.1, 0.15) is 5.92 Å². The fraction of sp³-hybridized carbons (Fsp3) is 0.294. The molecule has 0 bridgehead atoms. The Balaban J connectivity index is 2.52. The first kappa shape index (κ1) is 17.9. The largest absolute Gasteiger partial charge is 0.417 e. The number of allylic oxidation sites excluding steroid dienone is 3. The van der Waals surface area contributed by atoms with E-state index in [1.54, 1.807) is 13.0 Å². The highest BCUT2D eigenvalue weighted by Crippen LogP contribution is 2.41. The van der Waals surface area contributed by atoms with E-state index in [4.69, 9.17) is 4.74 Å². The van der Waals surface area contributed by atoms with E-state index in [9.17, 15) is 18.0 Å². The summed E-state index contributed by atoms with van der Waals surface area (Å²) in [5.41, 5.74) is 0.365. The van der Waals surface area contributed by atoms with Gasteiger partial charge < -0.3 is 4.74 Å². The molecule has 24 heavy (non-hydrogen) atoms. The minimum atomic E-state index is -4.55. The monoisotopic (exact) mass is 338 g/mol. The predicted molar refractivity (Wildman–Crippen MR) is 84.4 cm³/mol. The molecule has 4 nitrogen and oxygen atoms in total. The molecule has 0 aromatic carbocycles. The number of hydrogen-bond donors (Lipinski definition) is 0. The zero-order chi connectivity index (χ0) is 18.1. The molecule has 1 unspecified atom stereocenters. The second kappa shape index (κ2) is 6.60. The molecule has 1 aliphatic heterocycles. The van der Waals surface area contributed by atoms with Gasteiger partial charge in [0.15, 0.2) is 0 Å². The van der Waals surface area contributed by atoms with E-state index < -0.39 is 23.6 Å². The molecule has 1 aromatic rings. The van der Waals surface area contributed by atoms with Gasteiger partial charge in [-0.1, -0.05) is 24.8 Å². The summed E-state index contributed by atoms with van der Waals surface area (Å²) >= 11 is 0. The zero-order valence-electron chi connectivity index (χ0n) is 13.4. The third-order valence-electron chi connectivity index (χ3n) is 3.49. The van der Waals surface area contributed by atoms with Gasteiger partial charge in [0.2, 0.25) is 5.91 Å². The highest BCUT2D eigenvalue weighted by atomic mass is 19.4. The number of hydrogen-bond acceptors (Lipinski definition) is 3. The van der Waals surface area contributed by atoms with Crippen molar-refractivity contribution in [2.24, 2.45) is 0 Å². The van der Waals surface area contributed by atoms with Crippen LogP contribution in [0.2, 0.25) is 0 Å². The third kappa shape index (κ3) is 3.41. The van der Waals surface area contributed by atoms with Crippen LogP contribution in [-0.4, -0.2) is 24.6 Å². The quantitative estimate of drug-likeness (QED) is 0.767. The zero-order valence-corrected chi connectivity index (χ0v) is 13.4. The molecule has 2 heterocycles. The lowest BCUT2D eigenvalue weighted by Crippen LogP contribution is -2.28. The summed E-state index contributed by atoms with van der Waals surface area (Å²) < 4.78 is 43.9. The lowest BCUT2D eigenvalue weighted by Gasteiger charge is -2.18. The van der Waals surface area contributed by atoms with Crippen LogP contribution >= 0.6 is 0 Å². The number of ether oxygens (including phenoxy) is 1. The smallest absolute Gasteiger partial charge is 0.383 e. The number of alkyl halides is 3. The van der Waals surface area contributed by atoms with E-state index in [1.807, 2.05) is 0 Å². The summed E-state index contributed by atoms with van der Waals surface area (Å²) in [6, 6.07) is 0.912. The number of rotatable bonds is 5. The topological polar surface area (TPSA) is 42.4 Å². The fourth-order valence-electron chi connectivity index (χ4n) is 2.38. The lowest BCUT2D eigenvalue weighted by atomic mass is 10.1. The maximum atomic E-state index is 13.0. The molecule has 0 aliphatic carbocycles. The summed E-state index contributed by atoms with van der Waals surface area (Å²) in [5.74, 6) is -1.18. The Morgan fingerprint density at radius 2 is 2.08 bits per heavy atom. The van der Waals surface area contributed by atoms with Gasteiger partial charge in [0.05, 0.1) is 23.6 Å². The van der Waals surface area contributed by atoms with Gasteiger partial charge in [-0.15, -0.1) is 0 Å². The Hall–Kier alpha value is -2.41. The van der Waals surface area contributed by atoms with E-state index in [0.717, 1.165) is 22.7 Å². The number of fused-ring (bicyclic) bond motifs is 1. The van der Waals surface area contributed by atoms with Crippen LogP contribution < -0.4 is 4.90 Å². The molecule has 128 valence electrons. The molecule has 7 heteroatoms. The van der Waals surface area contributed by atoms with Crippen molar-refractivity contribution in [2.45, 2.75) is 19.0 Å². The number of aromatic nitrogens is 1. The number of carbonyl (C=O) groups excluding carboxylic acids is 1. The van der Waals surface area contributed by atoms with Crippen molar-refractivity contribution in [1.29, 1.82) is 0 Å². The number of anilines is 1. The third-order valence-corrected chi connectivity index (χ3v) is 3.49. The second-order valence-electron chi connectivity index (χ2n) is 5.48. The Morgan fingerprint density at radius 3 is 2.62 bits per heavy atom. The molecule has 1 aliphatic rings. The van der Waals surface area contributed by atoms with Crippen LogP contribution in [0, 0.1) is 0 Å². The molecular weight excluding hydrogens is 321 g/mol. The molecule has 2 rings (SSSR count). The van der Waals surface area contributed by atoms with Crippen LogP contribution in [0.3, 0.4) is 0 Å². The van der Waals surface area contributed by atoms with E-state index in [-0.39, 0.29) is 23.7 Å². The van der Waals surface area contributed by atoms with Crippen molar-refractivity contribution < 1.29 is 22.7 Å². The molecule has 1 aromatic heterocycles. The molecule has 0 saturated heterocycles. The molecular formula is C17H17F3N2O2. The lowest BCUT2D eigenvalue weighted by molar-refractivity contribution is -0.137. The molecule has 0 saturated carbocycles. The predicted octanol–water partition coefficient (Wildman–Crippen LogP) is 3.82. The Labute approximate surface area is 137 Å². The molecule has 0 N–H and O–H groups in total. The summed E-state index contributed by atoms with van der Waals surface area (Å²) in [7, 11) is 1.41. The maximum absolute atomic E-state index is 13.0. The summed E-state index contributed by atoms with van der Waals surface area (Å²) in [6.07, 6.45) is -0.671. The van der Waals surface area contributed by atoms with Gasteiger partial charge in [0.25, 0.3) is 0 Å². The normalized spacial score (nSPS) is 17.5. The van der Waals surface area contributed by atoms with E-state index in [1.165, 1.54) is 13.2 Å². The van der Waals surface area contributed by atoms with Gasteiger partial charge in [0, 0.05) is 19.0 Å². The number of halogens is 3. The second-order valence-corrected chi connectivity index (χ2v) is 5.48. The van der Waals surface area contributed by atoms with Crippen molar-refractivity contribution in [3.8, 4) is 0 Å². The van der Waals surface area contributed by atoms with E-state index in [2.05, 4.69) is 18.1 Å². The van der Waals surface area contributed by atoms with Gasteiger partial charge in [-0.3, -0.25) is 14.7 Å². The number of pyridine rings is 1. The molecule has 1 atom stereocenters. The number of amides is 1. The van der Waals surface area contributed by atoms with Crippen molar-refractivity contribution in [2.75, 3.05) is 18.6 Å². The molecule has 1 amide bonds. The van der Waals surface area contributed by atoms with Crippen LogP contribution in [0.25, 0.3) is 0 Å². The average Bonchev–Trinajstić information content (AvgIpc) is 2.76. The SMILES string of the molecule is C=C(C)/C=C\C(=C)N1C(=O)C(COC)c2ncc(C(F)(F)F)cc21. The average molecular weight is 338 g/mol.